The van der Waals surface area contributed by atoms with Crippen molar-refractivity contribution in [2.24, 2.45) is 7.05 Å². The molecule has 164 valence electrons. The van der Waals surface area contributed by atoms with Crippen molar-refractivity contribution in [3.63, 3.8) is 0 Å². The third-order valence-electron chi connectivity index (χ3n) is 7.01. The van der Waals surface area contributed by atoms with Gasteiger partial charge in [0.1, 0.15) is 0 Å². The number of hydrogen-bond acceptors (Lipinski definition) is 4. The van der Waals surface area contributed by atoms with Gasteiger partial charge in [-0.2, -0.15) is 0 Å². The molecule has 3 aromatic heterocycles. The Labute approximate surface area is 183 Å². The van der Waals surface area contributed by atoms with Crippen LogP contribution in [0.15, 0.2) is 29.2 Å². The topological polar surface area (TPSA) is 63.2 Å². The zero-order valence-electron chi connectivity index (χ0n) is 18.9. The molecule has 5 heterocycles. The van der Waals surface area contributed by atoms with Gasteiger partial charge in [-0.3, -0.25) is 14.7 Å². The molecule has 0 aliphatic carbocycles. The molecule has 6 heteroatoms. The molecule has 0 radical (unpaired) electrons. The summed E-state index contributed by atoms with van der Waals surface area (Å²) in [7, 11) is 1.81. The number of nitrogens with one attached hydrogen (secondary N) is 1. The number of fused-ring (bicyclic) bond motifs is 1. The molecule has 0 unspecified atom stereocenters. The van der Waals surface area contributed by atoms with Crippen molar-refractivity contribution in [1.82, 2.24) is 19.4 Å². The van der Waals surface area contributed by atoms with Crippen LogP contribution in [0.4, 0.5) is 0 Å². The minimum absolute atomic E-state index is 0.0474. The number of aryl methyl sites for hydroxylation is 2. The van der Waals surface area contributed by atoms with Gasteiger partial charge in [0.15, 0.2) is 0 Å². The summed E-state index contributed by atoms with van der Waals surface area (Å²) in [5.74, 6) is 0.837. The van der Waals surface area contributed by atoms with E-state index < -0.39 is 0 Å². The Bertz CT molecular complexity index is 1140. The molecule has 0 aromatic carbocycles. The van der Waals surface area contributed by atoms with E-state index in [1.807, 2.05) is 26.2 Å². The quantitative estimate of drug-likeness (QED) is 0.694. The number of aromatic nitrogens is 3. The summed E-state index contributed by atoms with van der Waals surface area (Å²) in [6.45, 7) is 10.4. The van der Waals surface area contributed by atoms with Crippen LogP contribution in [0.2, 0.25) is 0 Å². The Balaban J connectivity index is 1.50. The second-order valence-electron chi connectivity index (χ2n) is 9.53. The second-order valence-corrected chi connectivity index (χ2v) is 9.53. The third-order valence-corrected chi connectivity index (χ3v) is 7.01. The molecule has 1 N–H and O–H groups in total. The van der Waals surface area contributed by atoms with Crippen LogP contribution in [0.5, 0.6) is 0 Å². The molecule has 5 rings (SSSR count). The minimum Gasteiger partial charge on any atom is -0.378 e. The number of H-pyrrole nitrogens is 1. The lowest BCUT2D eigenvalue weighted by molar-refractivity contribution is -0.0713. The molecule has 0 bridgehead atoms. The van der Waals surface area contributed by atoms with E-state index in [0.717, 1.165) is 67.0 Å². The van der Waals surface area contributed by atoms with Crippen LogP contribution in [-0.2, 0) is 11.8 Å². The molecule has 0 saturated carbocycles. The fourth-order valence-corrected chi connectivity index (χ4v) is 5.13. The lowest BCUT2D eigenvalue weighted by Crippen LogP contribution is -2.51. The number of pyridine rings is 2. The van der Waals surface area contributed by atoms with E-state index in [9.17, 15) is 4.79 Å². The van der Waals surface area contributed by atoms with E-state index in [-0.39, 0.29) is 5.56 Å². The lowest BCUT2D eigenvalue weighted by atomic mass is 9.91. The third kappa shape index (κ3) is 3.62. The maximum absolute atomic E-state index is 12.2. The number of aromatic amines is 1. The summed E-state index contributed by atoms with van der Waals surface area (Å²) in [5, 5.41) is 0. The summed E-state index contributed by atoms with van der Waals surface area (Å²) in [4.78, 5) is 23.6. The average Bonchev–Trinajstić information content (AvgIpc) is 3.10. The van der Waals surface area contributed by atoms with Gasteiger partial charge in [0.25, 0.3) is 5.56 Å². The first kappa shape index (κ1) is 20.5. The highest BCUT2D eigenvalue weighted by Crippen LogP contribution is 2.36. The van der Waals surface area contributed by atoms with E-state index in [1.54, 1.807) is 4.57 Å². The molecule has 2 saturated heterocycles. The van der Waals surface area contributed by atoms with E-state index in [4.69, 9.17) is 9.72 Å². The van der Waals surface area contributed by atoms with Gasteiger partial charge in [-0.05, 0) is 57.0 Å². The predicted octanol–water partition coefficient (Wildman–Crippen LogP) is 3.94. The van der Waals surface area contributed by atoms with Crippen LogP contribution in [-0.4, -0.2) is 51.8 Å². The van der Waals surface area contributed by atoms with E-state index in [2.05, 4.69) is 35.9 Å². The molecular formula is C25H32N4O2. The molecule has 2 aliphatic rings. The molecule has 0 spiro atoms. The Hall–Kier alpha value is -2.44. The minimum atomic E-state index is 0.0474. The van der Waals surface area contributed by atoms with Crippen LogP contribution < -0.4 is 5.56 Å². The van der Waals surface area contributed by atoms with Crippen molar-refractivity contribution >= 4 is 11.0 Å². The summed E-state index contributed by atoms with van der Waals surface area (Å²) in [5.41, 5.74) is 7.51. The molecule has 3 aromatic rings. The molecule has 31 heavy (non-hydrogen) atoms. The fraction of sp³-hybridized carbons (Fsp3) is 0.520. The molecule has 2 fully saturated rings. The molecule has 0 amide bonds. The number of likely N-dealkylation sites (tertiary alicyclic amines) is 1. The van der Waals surface area contributed by atoms with E-state index in [0.29, 0.717) is 17.9 Å². The highest BCUT2D eigenvalue weighted by molar-refractivity contribution is 5.88. The number of nitrogens with zero attached hydrogens (tertiary/aromatic N) is 3. The average molecular weight is 421 g/mol. The fourth-order valence-electron chi connectivity index (χ4n) is 5.13. The first-order valence-electron chi connectivity index (χ1n) is 11.4. The molecule has 6 nitrogen and oxygen atoms in total. The Morgan fingerprint density at radius 2 is 1.94 bits per heavy atom. The van der Waals surface area contributed by atoms with Crippen LogP contribution in [0.3, 0.4) is 0 Å². The predicted molar refractivity (Wildman–Crippen MR) is 124 cm³/mol. The molecular weight excluding hydrogens is 388 g/mol. The van der Waals surface area contributed by atoms with Crippen molar-refractivity contribution < 1.29 is 4.74 Å². The maximum atomic E-state index is 12.2. The first-order valence-corrected chi connectivity index (χ1v) is 11.4. The van der Waals surface area contributed by atoms with Gasteiger partial charge in [-0.1, -0.05) is 13.8 Å². The summed E-state index contributed by atoms with van der Waals surface area (Å²) >= 11 is 0. The van der Waals surface area contributed by atoms with Crippen LogP contribution in [0, 0.1) is 6.92 Å². The van der Waals surface area contributed by atoms with Crippen LogP contribution in [0.25, 0.3) is 22.3 Å². The summed E-state index contributed by atoms with van der Waals surface area (Å²) < 4.78 is 7.03. The zero-order valence-corrected chi connectivity index (χ0v) is 18.9. The van der Waals surface area contributed by atoms with E-state index in [1.165, 1.54) is 11.3 Å². The summed E-state index contributed by atoms with van der Waals surface area (Å²) in [6.07, 6.45) is 4.24. The lowest BCUT2D eigenvalue weighted by Gasteiger charge is -2.41. The maximum Gasteiger partial charge on any atom is 0.253 e. The molecule has 2 aliphatic heterocycles. The first-order chi connectivity index (χ1) is 14.9. The largest absolute Gasteiger partial charge is 0.378 e. The number of piperidine rings is 1. The van der Waals surface area contributed by atoms with E-state index >= 15 is 0 Å². The summed E-state index contributed by atoms with van der Waals surface area (Å²) in [6, 6.07) is 7.00. The van der Waals surface area contributed by atoms with Gasteiger partial charge < -0.3 is 14.3 Å². The van der Waals surface area contributed by atoms with Crippen molar-refractivity contribution in [3.8, 4) is 11.3 Å². The van der Waals surface area contributed by atoms with Crippen molar-refractivity contribution in [3.05, 3.63) is 51.6 Å². The van der Waals surface area contributed by atoms with Crippen LogP contribution in [0.1, 0.15) is 55.3 Å². The van der Waals surface area contributed by atoms with Crippen molar-refractivity contribution in [2.45, 2.75) is 51.5 Å². The van der Waals surface area contributed by atoms with Gasteiger partial charge in [-0.15, -0.1) is 0 Å². The van der Waals surface area contributed by atoms with Crippen molar-refractivity contribution in [2.75, 3.05) is 26.3 Å². The zero-order chi connectivity index (χ0) is 21.7. The van der Waals surface area contributed by atoms with Gasteiger partial charge >= 0.3 is 0 Å². The Morgan fingerprint density at radius 1 is 1.19 bits per heavy atom. The number of rotatable bonds is 4. The van der Waals surface area contributed by atoms with Gasteiger partial charge in [0.05, 0.1) is 36.0 Å². The molecule has 0 atom stereocenters. The van der Waals surface area contributed by atoms with Gasteiger partial charge in [0.2, 0.25) is 0 Å². The SMILES string of the molecule is Cc1cc(-c2[nH]c3ccc(C4CCN(C5COC5)CC4)nc3c2C(C)C)cn(C)c1=O. The smallest absolute Gasteiger partial charge is 0.253 e. The Morgan fingerprint density at radius 3 is 2.55 bits per heavy atom. The number of ether oxygens (including phenoxy) is 1. The highest BCUT2D eigenvalue weighted by atomic mass is 16.5. The Kier molecular flexibility index (Phi) is 5.22. The number of hydrogen-bond donors (Lipinski definition) is 1. The highest BCUT2D eigenvalue weighted by Gasteiger charge is 2.30. The normalized spacial score (nSPS) is 18.7. The van der Waals surface area contributed by atoms with Gasteiger partial charge in [-0.25, -0.2) is 0 Å². The monoisotopic (exact) mass is 420 g/mol. The second kappa shape index (κ2) is 7.92. The van der Waals surface area contributed by atoms with Crippen LogP contribution >= 0.6 is 0 Å². The van der Waals surface area contributed by atoms with Crippen molar-refractivity contribution in [1.29, 1.82) is 0 Å². The van der Waals surface area contributed by atoms with Gasteiger partial charge in [0, 0.05) is 41.5 Å². The standard InChI is InChI=1S/C25H32N4O2/c1-15(2)22-23(18-11-16(3)25(30)28(4)12-18)27-21-6-5-20(26-24(21)22)17-7-9-29(10-8-17)19-13-31-14-19/h5-6,11-12,15,17,19,27H,7-10,13-14H2,1-4H3.